The van der Waals surface area contributed by atoms with Crippen molar-refractivity contribution in [1.82, 2.24) is 4.98 Å². The van der Waals surface area contributed by atoms with Gasteiger partial charge >= 0.3 is 0 Å². The lowest BCUT2D eigenvalue weighted by atomic mass is 10.3. The molecule has 0 aliphatic rings. The van der Waals surface area contributed by atoms with Gasteiger partial charge in [-0.25, -0.2) is 13.8 Å². The Morgan fingerprint density at radius 1 is 1.26 bits per heavy atom. The van der Waals surface area contributed by atoms with Crippen LogP contribution in [0.1, 0.15) is 0 Å². The average molecular weight is 287 g/mol. The molecule has 0 N–H and O–H groups in total. The minimum atomic E-state index is -0.995. The number of ether oxygens (including phenoxy) is 1. The topological polar surface area (TPSA) is 65.3 Å². The zero-order valence-corrected chi connectivity index (χ0v) is 9.90. The maximum Gasteiger partial charge on any atom is 0.272 e. The highest BCUT2D eigenvalue weighted by Crippen LogP contribution is 2.28. The third-order valence-electron chi connectivity index (χ3n) is 2.11. The van der Waals surface area contributed by atoms with Gasteiger partial charge in [-0.05, 0) is 12.1 Å². The van der Waals surface area contributed by atoms with Gasteiger partial charge in [0.15, 0.2) is 17.4 Å². The maximum absolute atomic E-state index is 13.5. The Labute approximate surface area is 110 Å². The van der Waals surface area contributed by atoms with Gasteiger partial charge in [0.25, 0.3) is 11.6 Å². The van der Waals surface area contributed by atoms with E-state index in [1.165, 1.54) is 0 Å². The molecule has 0 aliphatic heterocycles. The first kappa shape index (κ1) is 13.2. The molecule has 8 heteroatoms. The lowest BCUT2D eigenvalue weighted by Crippen LogP contribution is -1.95. The summed E-state index contributed by atoms with van der Waals surface area (Å²) in [5.41, 5.74) is -0.436. The predicted molar refractivity (Wildman–Crippen MR) is 62.3 cm³/mol. The Bertz CT molecular complexity index is 652. The molecule has 0 fully saturated rings. The Kier molecular flexibility index (Phi) is 3.57. The van der Waals surface area contributed by atoms with E-state index in [0.717, 1.165) is 24.4 Å². The third kappa shape index (κ3) is 2.94. The van der Waals surface area contributed by atoms with Crippen LogP contribution in [0.25, 0.3) is 0 Å². The lowest BCUT2D eigenvalue weighted by molar-refractivity contribution is -0.385. The fourth-order valence-corrected chi connectivity index (χ4v) is 1.41. The second-order valence-corrected chi connectivity index (χ2v) is 3.85. The van der Waals surface area contributed by atoms with Crippen LogP contribution in [0.5, 0.6) is 11.6 Å². The van der Waals surface area contributed by atoms with Crippen LogP contribution in [0.3, 0.4) is 0 Å². The Morgan fingerprint density at radius 2 is 2.00 bits per heavy atom. The molecule has 98 valence electrons. The summed E-state index contributed by atoms with van der Waals surface area (Å²) in [5.74, 6) is -2.72. The van der Waals surface area contributed by atoms with Crippen LogP contribution < -0.4 is 4.74 Å². The van der Waals surface area contributed by atoms with E-state index in [-0.39, 0.29) is 10.8 Å². The average Bonchev–Trinajstić information content (AvgIpc) is 2.34. The van der Waals surface area contributed by atoms with E-state index in [1.807, 2.05) is 0 Å². The van der Waals surface area contributed by atoms with Crippen LogP contribution in [-0.2, 0) is 0 Å². The molecule has 0 atom stereocenters. The molecule has 0 bridgehead atoms. The second kappa shape index (κ2) is 5.15. The van der Waals surface area contributed by atoms with Crippen molar-refractivity contribution in [2.75, 3.05) is 0 Å². The van der Waals surface area contributed by atoms with E-state index in [4.69, 9.17) is 16.3 Å². The van der Waals surface area contributed by atoms with E-state index >= 15 is 0 Å². The summed E-state index contributed by atoms with van der Waals surface area (Å²) >= 11 is 5.50. The minimum absolute atomic E-state index is 0.0639. The number of hydrogen-bond acceptors (Lipinski definition) is 4. The molecule has 0 radical (unpaired) electrons. The molecule has 19 heavy (non-hydrogen) atoms. The number of hydrogen-bond donors (Lipinski definition) is 0. The molecule has 2 aromatic rings. The standard InChI is InChI=1S/C11H5ClF2N2O3/c12-6-3-9(14)11(15-5-6)19-10-2-1-7(16(17)18)4-8(10)13/h1-5H. The van der Waals surface area contributed by atoms with E-state index in [9.17, 15) is 18.9 Å². The molecule has 0 spiro atoms. The maximum atomic E-state index is 13.5. The summed E-state index contributed by atoms with van der Waals surface area (Å²) in [5, 5.41) is 10.5. The van der Waals surface area contributed by atoms with Crippen molar-refractivity contribution >= 4 is 17.3 Å². The van der Waals surface area contributed by atoms with E-state index < -0.39 is 28.1 Å². The third-order valence-corrected chi connectivity index (χ3v) is 2.31. The number of benzene rings is 1. The molecular weight excluding hydrogens is 282 g/mol. The van der Waals surface area contributed by atoms with Gasteiger partial charge in [-0.3, -0.25) is 10.1 Å². The normalized spacial score (nSPS) is 10.3. The van der Waals surface area contributed by atoms with Gasteiger partial charge in [-0.15, -0.1) is 0 Å². The van der Waals surface area contributed by atoms with Crippen molar-refractivity contribution in [2.45, 2.75) is 0 Å². The predicted octanol–water partition coefficient (Wildman–Crippen LogP) is 3.71. The van der Waals surface area contributed by atoms with Crippen molar-refractivity contribution < 1.29 is 18.4 Å². The number of halogens is 3. The summed E-state index contributed by atoms with van der Waals surface area (Å²) in [4.78, 5) is 13.2. The summed E-state index contributed by atoms with van der Waals surface area (Å²) < 4.78 is 31.8. The largest absolute Gasteiger partial charge is 0.433 e. The quantitative estimate of drug-likeness (QED) is 0.637. The van der Waals surface area contributed by atoms with Crippen molar-refractivity contribution in [3.05, 3.63) is 57.2 Å². The van der Waals surface area contributed by atoms with Crippen LogP contribution >= 0.6 is 11.6 Å². The monoisotopic (exact) mass is 286 g/mol. The van der Waals surface area contributed by atoms with Gasteiger partial charge in [0.1, 0.15) is 0 Å². The fourth-order valence-electron chi connectivity index (χ4n) is 1.27. The zero-order chi connectivity index (χ0) is 14.0. The number of nitro benzene ring substituents is 1. The van der Waals surface area contributed by atoms with Gasteiger partial charge in [-0.1, -0.05) is 11.6 Å². The zero-order valence-electron chi connectivity index (χ0n) is 9.14. The summed E-state index contributed by atoms with van der Waals surface area (Å²) in [6.07, 6.45) is 1.13. The number of pyridine rings is 1. The van der Waals surface area contributed by atoms with Gasteiger partial charge in [0.2, 0.25) is 0 Å². The van der Waals surface area contributed by atoms with Gasteiger partial charge < -0.3 is 4.74 Å². The van der Waals surface area contributed by atoms with Gasteiger partial charge in [-0.2, -0.15) is 0 Å². The highest BCUT2D eigenvalue weighted by molar-refractivity contribution is 6.30. The van der Waals surface area contributed by atoms with Crippen LogP contribution in [-0.4, -0.2) is 9.91 Å². The van der Waals surface area contributed by atoms with Crippen molar-refractivity contribution in [3.8, 4) is 11.6 Å². The molecule has 0 aliphatic carbocycles. The van der Waals surface area contributed by atoms with Crippen molar-refractivity contribution in [2.24, 2.45) is 0 Å². The molecule has 0 saturated heterocycles. The Morgan fingerprint density at radius 3 is 2.58 bits per heavy atom. The van der Waals surface area contributed by atoms with Gasteiger partial charge in [0, 0.05) is 12.3 Å². The summed E-state index contributed by atoms with van der Waals surface area (Å²) in [6, 6.07) is 3.67. The molecule has 0 saturated carbocycles. The van der Waals surface area contributed by atoms with Crippen LogP contribution in [0.15, 0.2) is 30.5 Å². The smallest absolute Gasteiger partial charge is 0.272 e. The Hall–Kier alpha value is -2.28. The number of rotatable bonds is 3. The van der Waals surface area contributed by atoms with E-state index in [0.29, 0.717) is 6.07 Å². The number of nitro groups is 1. The Balaban J connectivity index is 2.31. The summed E-state index contributed by atoms with van der Waals surface area (Å²) in [6.45, 7) is 0. The second-order valence-electron chi connectivity index (χ2n) is 3.41. The molecule has 5 nitrogen and oxygen atoms in total. The number of aromatic nitrogens is 1. The lowest BCUT2D eigenvalue weighted by Gasteiger charge is -2.06. The summed E-state index contributed by atoms with van der Waals surface area (Å²) in [7, 11) is 0. The first-order valence-electron chi connectivity index (χ1n) is 4.90. The highest BCUT2D eigenvalue weighted by atomic mass is 35.5. The van der Waals surface area contributed by atoms with Crippen LogP contribution in [0, 0.1) is 21.7 Å². The first-order valence-corrected chi connectivity index (χ1v) is 5.28. The fraction of sp³-hybridized carbons (Fsp3) is 0. The highest BCUT2D eigenvalue weighted by Gasteiger charge is 2.14. The van der Waals surface area contributed by atoms with E-state index in [2.05, 4.69) is 4.98 Å². The molecule has 2 rings (SSSR count). The minimum Gasteiger partial charge on any atom is -0.433 e. The molecule has 0 amide bonds. The number of nitrogens with zero attached hydrogens (tertiary/aromatic N) is 2. The molecule has 1 heterocycles. The molecular formula is C11H5ClF2N2O3. The first-order chi connectivity index (χ1) is 8.97. The van der Waals surface area contributed by atoms with Crippen LogP contribution in [0.4, 0.5) is 14.5 Å². The molecule has 1 aromatic heterocycles. The SMILES string of the molecule is O=[N+]([O-])c1ccc(Oc2ncc(Cl)cc2F)c(F)c1. The molecule has 0 unspecified atom stereocenters. The van der Waals surface area contributed by atoms with Crippen molar-refractivity contribution in [3.63, 3.8) is 0 Å². The van der Waals surface area contributed by atoms with Crippen molar-refractivity contribution in [1.29, 1.82) is 0 Å². The number of non-ortho nitro benzene ring substituents is 1. The van der Waals surface area contributed by atoms with E-state index in [1.54, 1.807) is 0 Å². The molecule has 1 aromatic carbocycles. The van der Waals surface area contributed by atoms with Crippen LogP contribution in [0.2, 0.25) is 5.02 Å². The van der Waals surface area contributed by atoms with Gasteiger partial charge in [0.05, 0.1) is 16.0 Å².